The maximum atomic E-state index is 3.39. The monoisotopic (exact) mass is 252 g/mol. The van der Waals surface area contributed by atoms with Crippen molar-refractivity contribution in [1.82, 2.24) is 4.98 Å². The van der Waals surface area contributed by atoms with E-state index < -0.39 is 0 Å². The Morgan fingerprint density at radius 1 is 1.11 bits per heavy atom. The maximum Gasteiger partial charge on any atom is 0.0460 e. The molecule has 18 heavy (non-hydrogen) atoms. The lowest BCUT2D eigenvalue weighted by Crippen LogP contribution is -1.90. The molecule has 1 aromatic carbocycles. The summed E-state index contributed by atoms with van der Waals surface area (Å²) in [7, 11) is 0. The van der Waals surface area contributed by atoms with E-state index in [0.717, 1.165) is 13.0 Å². The molecule has 0 atom stereocenters. The number of rotatable bonds is 0. The van der Waals surface area contributed by atoms with Crippen LogP contribution in [0.25, 0.3) is 10.9 Å². The zero-order chi connectivity index (χ0) is 12.8. The summed E-state index contributed by atoms with van der Waals surface area (Å²) in [5, 5.41) is 4.78. The largest absolute Gasteiger partial charge is 0.412 e. The van der Waals surface area contributed by atoms with E-state index in [9.17, 15) is 0 Å². The highest BCUT2D eigenvalue weighted by Gasteiger charge is 2.13. The zero-order valence-electron chi connectivity index (χ0n) is 12.1. The van der Waals surface area contributed by atoms with Crippen LogP contribution in [0.15, 0.2) is 18.2 Å². The molecule has 0 saturated heterocycles. The first-order chi connectivity index (χ1) is 8.34. The fraction of sp³-hybridized carbons (Fsp3) is 0.467. The number of hydrogen-bond donors (Lipinski definition) is 2. The van der Waals surface area contributed by atoms with Gasteiger partial charge >= 0.3 is 0 Å². The van der Waals surface area contributed by atoms with Gasteiger partial charge in [-0.2, -0.15) is 0 Å². The summed E-state index contributed by atoms with van der Waals surface area (Å²) < 4.78 is 0. The number of fused-ring (bicyclic) bond motifs is 3. The Balaban J connectivity index is 0. The van der Waals surface area contributed by atoms with E-state index in [4.69, 9.17) is 0 Å². The summed E-state index contributed by atoms with van der Waals surface area (Å²) in [5.74, 6) is 0. The normalized spacial score (nSPS) is 11.2. The van der Waals surface area contributed by atoms with Gasteiger partial charge in [0, 0.05) is 30.3 Å². The van der Waals surface area contributed by atoms with Crippen LogP contribution in [0.5, 0.6) is 0 Å². The van der Waals surface area contributed by atoms with Crippen LogP contribution < -0.4 is 5.32 Å². The van der Waals surface area contributed by atoms with Crippen molar-refractivity contribution in [2.24, 2.45) is 0 Å². The van der Waals surface area contributed by atoms with E-state index in [1.54, 1.807) is 0 Å². The molecule has 0 bridgehead atoms. The number of aromatic amines is 1. The van der Waals surface area contributed by atoms with E-state index in [2.05, 4.69) is 35.4 Å². The average Bonchev–Trinajstić information content (AvgIpc) is 2.98. The predicted octanol–water partition coefficient (Wildman–Crippen LogP) is 3.92. The Hall–Kier alpha value is -1.48. The minimum absolute atomic E-state index is 0. The molecule has 0 aliphatic carbocycles. The molecule has 0 spiro atoms. The lowest BCUT2D eigenvalue weighted by Gasteiger charge is -1.99. The molecule has 2 heterocycles. The first-order valence-corrected chi connectivity index (χ1v) is 6.70. The van der Waals surface area contributed by atoms with Crippen molar-refractivity contribution < 1.29 is 6.90 Å². The number of hydrogen-bond acceptors (Lipinski definition) is 1. The molecule has 0 fully saturated rings. The Morgan fingerprint density at radius 3 is 2.44 bits per heavy atom. The molecule has 2 aromatic rings. The number of aromatic nitrogens is 1. The molecular formula is C15H28N2O. The summed E-state index contributed by atoms with van der Waals surface area (Å²) >= 11 is 0. The van der Waals surface area contributed by atoms with E-state index >= 15 is 0 Å². The van der Waals surface area contributed by atoms with Crippen molar-refractivity contribution in [2.75, 3.05) is 11.9 Å². The SMILES string of the molecule is CC.CC.Cc1cc2c3c(ccc2[nH]1)NCC3.O.[HH]. The van der Waals surface area contributed by atoms with Gasteiger partial charge < -0.3 is 15.8 Å². The Bertz CT molecular complexity index is 480. The third-order valence-electron chi connectivity index (χ3n) is 2.74. The highest BCUT2D eigenvalue weighted by Crippen LogP contribution is 2.30. The zero-order valence-corrected chi connectivity index (χ0v) is 12.1. The second-order valence-electron chi connectivity index (χ2n) is 3.68. The lowest BCUT2D eigenvalue weighted by molar-refractivity contribution is 0.824. The average molecular weight is 252 g/mol. The van der Waals surface area contributed by atoms with Crippen LogP contribution in [0.4, 0.5) is 5.69 Å². The van der Waals surface area contributed by atoms with Crippen LogP contribution in [0.2, 0.25) is 0 Å². The van der Waals surface area contributed by atoms with Gasteiger partial charge in [-0.25, -0.2) is 0 Å². The first-order valence-electron chi connectivity index (χ1n) is 6.70. The minimum atomic E-state index is 0. The molecule has 1 aliphatic heterocycles. The van der Waals surface area contributed by atoms with Crippen LogP contribution in [-0.4, -0.2) is 17.0 Å². The van der Waals surface area contributed by atoms with Crippen LogP contribution in [0.3, 0.4) is 0 Å². The lowest BCUT2D eigenvalue weighted by atomic mass is 10.1. The van der Waals surface area contributed by atoms with E-state index in [1.807, 2.05) is 27.7 Å². The van der Waals surface area contributed by atoms with Gasteiger partial charge in [-0.05, 0) is 37.1 Å². The van der Waals surface area contributed by atoms with E-state index in [0.29, 0.717) is 0 Å². The molecule has 1 aromatic heterocycles. The third-order valence-corrected chi connectivity index (χ3v) is 2.74. The second kappa shape index (κ2) is 7.77. The van der Waals surface area contributed by atoms with Crippen molar-refractivity contribution in [1.29, 1.82) is 0 Å². The highest BCUT2D eigenvalue weighted by molar-refractivity contribution is 5.89. The van der Waals surface area contributed by atoms with Gasteiger partial charge in [0.15, 0.2) is 0 Å². The van der Waals surface area contributed by atoms with Crippen molar-refractivity contribution in [3.63, 3.8) is 0 Å². The summed E-state index contributed by atoms with van der Waals surface area (Å²) in [6.07, 6.45) is 1.16. The van der Waals surface area contributed by atoms with Gasteiger partial charge in [-0.15, -0.1) is 0 Å². The summed E-state index contributed by atoms with van der Waals surface area (Å²) in [6.45, 7) is 11.2. The van der Waals surface area contributed by atoms with E-state index in [-0.39, 0.29) is 6.90 Å². The van der Waals surface area contributed by atoms with E-state index in [1.165, 1.54) is 27.8 Å². The molecule has 0 radical (unpaired) electrons. The van der Waals surface area contributed by atoms with Gasteiger partial charge in [0.25, 0.3) is 0 Å². The van der Waals surface area contributed by atoms with Gasteiger partial charge in [0.2, 0.25) is 0 Å². The standard InChI is InChI=1S/C11H12N2.2C2H6.H2O.H2/c1-7-6-9-8-4-5-12-10(8)2-3-11(9)13-7;2*1-2;;/h2-3,6,12-13H,4-5H2,1H3;2*1-2H3;1H2;1H. The highest BCUT2D eigenvalue weighted by atomic mass is 16.0. The second-order valence-corrected chi connectivity index (χ2v) is 3.68. The predicted molar refractivity (Wildman–Crippen MR) is 83.7 cm³/mol. The number of aryl methyl sites for hydroxylation is 1. The molecule has 3 heteroatoms. The molecule has 3 rings (SSSR count). The van der Waals surface area contributed by atoms with Crippen LogP contribution in [0.1, 0.15) is 40.4 Å². The Morgan fingerprint density at radius 2 is 1.78 bits per heavy atom. The fourth-order valence-corrected chi connectivity index (χ4v) is 2.16. The van der Waals surface area contributed by atoms with Crippen LogP contribution in [-0.2, 0) is 6.42 Å². The summed E-state index contributed by atoms with van der Waals surface area (Å²) in [4.78, 5) is 3.36. The third kappa shape index (κ3) is 3.05. The smallest absolute Gasteiger partial charge is 0.0460 e. The van der Waals surface area contributed by atoms with Crippen LogP contribution >= 0.6 is 0 Å². The molecule has 4 N–H and O–H groups in total. The number of H-pyrrole nitrogens is 1. The first kappa shape index (κ1) is 16.5. The van der Waals surface area contributed by atoms with Gasteiger partial charge in [-0.1, -0.05) is 27.7 Å². The van der Waals surface area contributed by atoms with Crippen molar-refractivity contribution in [3.05, 3.63) is 29.5 Å². The van der Waals surface area contributed by atoms with Gasteiger partial charge in [0.1, 0.15) is 0 Å². The van der Waals surface area contributed by atoms with Crippen LogP contribution in [0, 0.1) is 6.92 Å². The molecule has 3 nitrogen and oxygen atoms in total. The maximum absolute atomic E-state index is 3.39. The van der Waals surface area contributed by atoms with Gasteiger partial charge in [0.05, 0.1) is 0 Å². The topological polar surface area (TPSA) is 59.3 Å². The quantitative estimate of drug-likeness (QED) is 0.733. The molecule has 0 unspecified atom stereocenters. The van der Waals surface area contributed by atoms with Gasteiger partial charge in [-0.3, -0.25) is 0 Å². The molecule has 1 aliphatic rings. The number of nitrogens with one attached hydrogen (secondary N) is 2. The minimum Gasteiger partial charge on any atom is -0.412 e. The summed E-state index contributed by atoms with van der Waals surface area (Å²) in [5.41, 5.74) is 5.30. The van der Waals surface area contributed by atoms with Crippen molar-refractivity contribution in [3.8, 4) is 0 Å². The Labute approximate surface area is 111 Å². The molecule has 0 saturated carbocycles. The fourth-order valence-electron chi connectivity index (χ4n) is 2.16. The number of benzene rings is 1. The summed E-state index contributed by atoms with van der Waals surface area (Å²) in [6, 6.07) is 6.56. The molecule has 0 amide bonds. The van der Waals surface area contributed by atoms with Crippen molar-refractivity contribution >= 4 is 16.6 Å². The Kier molecular flexibility index (Phi) is 7.13. The van der Waals surface area contributed by atoms with Crippen molar-refractivity contribution in [2.45, 2.75) is 41.0 Å². The number of anilines is 1. The molecule has 104 valence electrons. The molecular weight excluding hydrogens is 224 g/mol.